The molecule has 4 rings (SSSR count). The topological polar surface area (TPSA) is 122 Å². The summed E-state index contributed by atoms with van der Waals surface area (Å²) in [5, 5.41) is 20.2. The molecule has 0 saturated carbocycles. The maximum absolute atomic E-state index is 13.1. The van der Waals surface area contributed by atoms with Gasteiger partial charge in [0.05, 0.1) is 23.1 Å². The molecule has 0 atom stereocenters. The molecule has 3 aromatic heterocycles. The molecule has 29 heavy (non-hydrogen) atoms. The number of H-pyrrole nitrogens is 1. The van der Waals surface area contributed by atoms with E-state index in [4.69, 9.17) is 10.7 Å². The van der Waals surface area contributed by atoms with E-state index in [0.29, 0.717) is 33.5 Å². The summed E-state index contributed by atoms with van der Waals surface area (Å²) in [5.74, 6) is 0.0588. The summed E-state index contributed by atoms with van der Waals surface area (Å²) in [4.78, 5) is 17.8. The molecule has 1 aromatic carbocycles. The van der Waals surface area contributed by atoms with Crippen molar-refractivity contribution >= 4 is 28.4 Å². The number of pyridine rings is 1. The Labute approximate surface area is 167 Å². The van der Waals surface area contributed by atoms with Crippen molar-refractivity contribution in [3.8, 4) is 11.4 Å². The van der Waals surface area contributed by atoms with Crippen molar-refractivity contribution in [3.63, 3.8) is 0 Å². The molecule has 0 aliphatic heterocycles. The number of benzene rings is 1. The second kappa shape index (κ2) is 6.66. The predicted molar refractivity (Wildman–Crippen MR) is 113 cm³/mol. The maximum atomic E-state index is 13.1. The van der Waals surface area contributed by atoms with Crippen LogP contribution >= 0.6 is 0 Å². The van der Waals surface area contributed by atoms with Crippen LogP contribution in [0.2, 0.25) is 0 Å². The van der Waals surface area contributed by atoms with Gasteiger partial charge in [-0.3, -0.25) is 14.5 Å². The van der Waals surface area contributed by atoms with Gasteiger partial charge in [-0.1, -0.05) is 6.07 Å². The highest BCUT2D eigenvalue weighted by atomic mass is 16.3. The number of aromatic hydroxyl groups is 1. The summed E-state index contributed by atoms with van der Waals surface area (Å²) in [6.07, 6.45) is 3.11. The molecule has 148 valence electrons. The second-order valence-electron chi connectivity index (χ2n) is 7.17. The average molecular weight is 390 g/mol. The zero-order chi connectivity index (χ0) is 20.9. The molecule has 8 nitrogen and oxygen atoms in total. The van der Waals surface area contributed by atoms with Crippen LogP contribution in [0.4, 0.5) is 11.5 Å². The lowest BCUT2D eigenvalue weighted by Crippen LogP contribution is -2.14. The molecule has 0 bridgehead atoms. The van der Waals surface area contributed by atoms with Crippen LogP contribution in [0.1, 0.15) is 32.7 Å². The number of aromatic amines is 1. The number of aromatic nitrogens is 4. The Bertz CT molecular complexity index is 1250. The Morgan fingerprint density at radius 2 is 1.97 bits per heavy atom. The van der Waals surface area contributed by atoms with Gasteiger partial charge in [0.25, 0.3) is 5.91 Å². The minimum atomic E-state index is -0.354. The molecular weight excluding hydrogens is 368 g/mol. The molecule has 0 fully saturated rings. The lowest BCUT2D eigenvalue weighted by atomic mass is 10.1. The Morgan fingerprint density at radius 3 is 2.66 bits per heavy atom. The van der Waals surface area contributed by atoms with Gasteiger partial charge in [-0.15, -0.1) is 0 Å². The van der Waals surface area contributed by atoms with E-state index in [1.807, 2.05) is 39.8 Å². The number of aryl methyl sites for hydroxylation is 3. The lowest BCUT2D eigenvalue weighted by molar-refractivity contribution is 0.102. The summed E-state index contributed by atoms with van der Waals surface area (Å²) >= 11 is 0. The standard InChI is InChI=1S/C21H22N6O2/c1-10-5-6-16(28)12(3)18(10)27-19(22)17(21(29)26-14-8-23-24-9-14)15-7-11(2)13(4)25-20(15)27/h5-9,28H,22H2,1-4H3,(H,23,24)(H,26,29). The largest absolute Gasteiger partial charge is 0.508 e. The summed E-state index contributed by atoms with van der Waals surface area (Å²) in [6.45, 7) is 7.60. The number of rotatable bonds is 3. The molecule has 0 radical (unpaired) electrons. The Balaban J connectivity index is 2.04. The van der Waals surface area contributed by atoms with E-state index >= 15 is 0 Å². The molecular formula is C21H22N6O2. The average Bonchev–Trinajstić information content (AvgIpc) is 3.26. The molecule has 0 aliphatic carbocycles. The first-order valence-electron chi connectivity index (χ1n) is 9.17. The molecule has 0 saturated heterocycles. The van der Waals surface area contributed by atoms with E-state index in [-0.39, 0.29) is 17.5 Å². The first-order chi connectivity index (χ1) is 13.8. The number of nitrogens with zero attached hydrogens (tertiary/aromatic N) is 3. The molecule has 8 heteroatoms. The van der Waals surface area contributed by atoms with E-state index in [1.54, 1.807) is 16.8 Å². The first-order valence-corrected chi connectivity index (χ1v) is 9.17. The first kappa shape index (κ1) is 18.5. The van der Waals surface area contributed by atoms with Crippen molar-refractivity contribution in [1.82, 2.24) is 19.7 Å². The fourth-order valence-electron chi connectivity index (χ4n) is 3.56. The highest BCUT2D eigenvalue weighted by molar-refractivity contribution is 6.16. The molecule has 0 aliphatic rings. The van der Waals surface area contributed by atoms with Crippen LogP contribution in [-0.2, 0) is 0 Å². The summed E-state index contributed by atoms with van der Waals surface area (Å²) in [6, 6.07) is 5.38. The van der Waals surface area contributed by atoms with Crippen molar-refractivity contribution in [2.24, 2.45) is 0 Å². The van der Waals surface area contributed by atoms with E-state index in [0.717, 1.165) is 16.8 Å². The third-order valence-electron chi connectivity index (χ3n) is 5.24. The van der Waals surface area contributed by atoms with Crippen molar-refractivity contribution < 1.29 is 9.90 Å². The Hall–Kier alpha value is -3.81. The van der Waals surface area contributed by atoms with Crippen LogP contribution < -0.4 is 11.1 Å². The van der Waals surface area contributed by atoms with Gasteiger partial charge < -0.3 is 16.2 Å². The highest BCUT2D eigenvalue weighted by Crippen LogP contribution is 2.36. The number of carbonyl (C=O) groups excluding carboxylic acids is 1. The van der Waals surface area contributed by atoms with E-state index < -0.39 is 0 Å². The molecule has 5 N–H and O–H groups in total. The van der Waals surface area contributed by atoms with Gasteiger partial charge in [-0.25, -0.2) is 4.98 Å². The minimum absolute atomic E-state index is 0.153. The van der Waals surface area contributed by atoms with Gasteiger partial charge in [0.15, 0.2) is 0 Å². The van der Waals surface area contributed by atoms with E-state index in [1.165, 1.54) is 6.20 Å². The second-order valence-corrected chi connectivity index (χ2v) is 7.17. The Kier molecular flexibility index (Phi) is 4.26. The number of amides is 1. The zero-order valence-electron chi connectivity index (χ0n) is 16.7. The van der Waals surface area contributed by atoms with Crippen LogP contribution in [0.15, 0.2) is 30.6 Å². The van der Waals surface area contributed by atoms with Gasteiger partial charge in [0, 0.05) is 22.8 Å². The van der Waals surface area contributed by atoms with Crippen LogP contribution in [0.3, 0.4) is 0 Å². The highest BCUT2D eigenvalue weighted by Gasteiger charge is 2.25. The van der Waals surface area contributed by atoms with Gasteiger partial charge in [-0.2, -0.15) is 5.10 Å². The SMILES string of the molecule is Cc1cc2c(C(=O)Nc3cn[nH]c3)c(N)n(-c3c(C)ccc(O)c3C)c2nc1C. The van der Waals surface area contributed by atoms with Crippen molar-refractivity contribution in [2.75, 3.05) is 11.1 Å². The van der Waals surface area contributed by atoms with Gasteiger partial charge in [0.2, 0.25) is 0 Å². The number of nitrogen functional groups attached to an aromatic ring is 1. The Morgan fingerprint density at radius 1 is 1.21 bits per heavy atom. The van der Waals surface area contributed by atoms with Gasteiger partial charge in [0.1, 0.15) is 17.2 Å². The van der Waals surface area contributed by atoms with Crippen LogP contribution in [-0.4, -0.2) is 30.8 Å². The minimum Gasteiger partial charge on any atom is -0.508 e. The lowest BCUT2D eigenvalue weighted by Gasteiger charge is -2.15. The van der Waals surface area contributed by atoms with Crippen LogP contribution in [0, 0.1) is 27.7 Å². The predicted octanol–water partition coefficient (Wildman–Crippen LogP) is 3.52. The summed E-state index contributed by atoms with van der Waals surface area (Å²) in [7, 11) is 0. The van der Waals surface area contributed by atoms with Gasteiger partial charge >= 0.3 is 0 Å². The smallest absolute Gasteiger partial charge is 0.260 e. The summed E-state index contributed by atoms with van der Waals surface area (Å²) < 4.78 is 1.75. The van der Waals surface area contributed by atoms with Crippen molar-refractivity contribution in [3.05, 3.63) is 58.5 Å². The number of hydrogen-bond acceptors (Lipinski definition) is 5. The molecule has 0 unspecified atom stereocenters. The third kappa shape index (κ3) is 2.89. The quantitative estimate of drug-likeness (QED) is 0.426. The monoisotopic (exact) mass is 390 g/mol. The van der Waals surface area contributed by atoms with Crippen molar-refractivity contribution in [2.45, 2.75) is 27.7 Å². The molecule has 3 heterocycles. The van der Waals surface area contributed by atoms with Gasteiger partial charge in [-0.05, 0) is 51.0 Å². The fourth-order valence-corrected chi connectivity index (χ4v) is 3.56. The number of hydrogen-bond donors (Lipinski definition) is 4. The molecule has 0 spiro atoms. The fraction of sp³-hybridized carbons (Fsp3) is 0.190. The number of anilines is 2. The number of fused-ring (bicyclic) bond motifs is 1. The van der Waals surface area contributed by atoms with E-state index in [9.17, 15) is 9.90 Å². The normalized spacial score (nSPS) is 11.2. The van der Waals surface area contributed by atoms with E-state index in [2.05, 4.69) is 15.5 Å². The zero-order valence-corrected chi connectivity index (χ0v) is 16.7. The van der Waals surface area contributed by atoms with Crippen molar-refractivity contribution in [1.29, 1.82) is 0 Å². The van der Waals surface area contributed by atoms with Crippen LogP contribution in [0.25, 0.3) is 16.7 Å². The third-order valence-corrected chi connectivity index (χ3v) is 5.24. The molecule has 4 aromatic rings. The van der Waals surface area contributed by atoms with Crippen LogP contribution in [0.5, 0.6) is 5.75 Å². The number of nitrogens with two attached hydrogens (primary N) is 1. The summed E-state index contributed by atoms with van der Waals surface area (Å²) in [5.41, 5.74) is 12.0. The number of phenols is 1. The number of carbonyl (C=O) groups is 1. The molecule has 1 amide bonds. The number of phenolic OH excluding ortho intramolecular Hbond substituents is 1. The maximum Gasteiger partial charge on any atom is 0.260 e. The number of nitrogens with one attached hydrogen (secondary N) is 2.